The number of rotatable bonds is 2. The van der Waals surface area contributed by atoms with E-state index in [1.165, 1.54) is 0 Å². The Morgan fingerprint density at radius 3 is 2.68 bits per heavy atom. The van der Waals surface area contributed by atoms with Gasteiger partial charge in [-0.3, -0.25) is 4.79 Å². The zero-order valence-corrected chi connectivity index (χ0v) is 13.9. The molecule has 3 N–H and O–H groups in total. The van der Waals surface area contributed by atoms with E-state index >= 15 is 0 Å². The van der Waals surface area contributed by atoms with Gasteiger partial charge < -0.3 is 11.1 Å². The lowest BCUT2D eigenvalue weighted by Gasteiger charge is -2.10. The lowest BCUT2D eigenvalue weighted by atomic mass is 10.1. The second-order valence-electron chi connectivity index (χ2n) is 4.17. The maximum atomic E-state index is 12.2. The molecule has 19 heavy (non-hydrogen) atoms. The Hall–Kier alpha value is -1.08. The van der Waals surface area contributed by atoms with E-state index in [-0.39, 0.29) is 5.91 Å². The summed E-state index contributed by atoms with van der Waals surface area (Å²) in [6.07, 6.45) is 0. The Balaban J connectivity index is 2.28. The molecule has 0 bridgehead atoms. The van der Waals surface area contributed by atoms with Gasteiger partial charge in [0.25, 0.3) is 5.91 Å². The Labute approximate surface area is 133 Å². The molecule has 2 aromatic rings. The van der Waals surface area contributed by atoms with E-state index in [0.29, 0.717) is 16.9 Å². The molecule has 0 unspecified atom stereocenters. The van der Waals surface area contributed by atoms with Crippen LogP contribution in [0.3, 0.4) is 0 Å². The number of hydrogen-bond donors (Lipinski definition) is 2. The van der Waals surface area contributed by atoms with Crippen LogP contribution in [0.4, 0.5) is 11.4 Å². The molecule has 2 rings (SSSR count). The highest BCUT2D eigenvalue weighted by molar-refractivity contribution is 14.1. The molecule has 1 amide bonds. The van der Waals surface area contributed by atoms with Crippen molar-refractivity contribution in [2.24, 2.45) is 0 Å². The number of halogens is 2. The van der Waals surface area contributed by atoms with Crippen molar-refractivity contribution in [1.29, 1.82) is 0 Å². The summed E-state index contributed by atoms with van der Waals surface area (Å²) in [5, 5.41) is 2.83. The monoisotopic (exact) mass is 430 g/mol. The number of hydrogen-bond acceptors (Lipinski definition) is 2. The second-order valence-corrected chi connectivity index (χ2v) is 6.25. The van der Waals surface area contributed by atoms with Gasteiger partial charge >= 0.3 is 0 Å². The molecule has 0 saturated carbocycles. The predicted molar refractivity (Wildman–Crippen MR) is 90.4 cm³/mol. The molecule has 0 aliphatic rings. The molecule has 5 heteroatoms. The summed E-state index contributed by atoms with van der Waals surface area (Å²) in [4.78, 5) is 12.2. The van der Waals surface area contributed by atoms with E-state index < -0.39 is 0 Å². The number of benzene rings is 2. The zero-order valence-electron chi connectivity index (χ0n) is 10.2. The molecule has 0 heterocycles. The number of carbonyl (C=O) groups excluding carboxylic acids is 1. The molecule has 2 aromatic carbocycles. The van der Waals surface area contributed by atoms with Crippen LogP contribution in [-0.2, 0) is 0 Å². The Kier molecular flexibility index (Phi) is 4.46. The molecule has 0 atom stereocenters. The third-order valence-corrected chi connectivity index (χ3v) is 4.06. The van der Waals surface area contributed by atoms with Gasteiger partial charge in [-0.25, -0.2) is 0 Å². The van der Waals surface area contributed by atoms with Gasteiger partial charge in [0.15, 0.2) is 0 Å². The fraction of sp³-hybridized carbons (Fsp3) is 0.0714. The van der Waals surface area contributed by atoms with Crippen LogP contribution in [0.5, 0.6) is 0 Å². The van der Waals surface area contributed by atoms with E-state index in [4.69, 9.17) is 5.73 Å². The summed E-state index contributed by atoms with van der Waals surface area (Å²) in [6, 6.07) is 11.1. The molecule has 0 spiro atoms. The maximum Gasteiger partial charge on any atom is 0.256 e. The van der Waals surface area contributed by atoms with Gasteiger partial charge in [0.1, 0.15) is 0 Å². The summed E-state index contributed by atoms with van der Waals surface area (Å²) in [6.45, 7) is 1.96. The lowest BCUT2D eigenvalue weighted by molar-refractivity contribution is 0.102. The van der Waals surface area contributed by atoms with Crippen LogP contribution in [0.25, 0.3) is 0 Å². The first kappa shape index (κ1) is 14.3. The van der Waals surface area contributed by atoms with E-state index in [2.05, 4.69) is 43.8 Å². The Bertz CT molecular complexity index is 643. The highest BCUT2D eigenvalue weighted by atomic mass is 127. The summed E-state index contributed by atoms with van der Waals surface area (Å²) in [5.74, 6) is -0.166. The molecule has 3 nitrogen and oxygen atoms in total. The van der Waals surface area contributed by atoms with E-state index in [9.17, 15) is 4.79 Å². The van der Waals surface area contributed by atoms with Crippen molar-refractivity contribution in [3.63, 3.8) is 0 Å². The molecule has 0 aliphatic carbocycles. The van der Waals surface area contributed by atoms with Crippen LogP contribution in [0.15, 0.2) is 40.9 Å². The largest absolute Gasteiger partial charge is 0.397 e. The molecular formula is C14H12BrIN2O. The number of nitrogens with two attached hydrogens (primary N) is 1. The van der Waals surface area contributed by atoms with Crippen molar-refractivity contribution in [2.75, 3.05) is 11.1 Å². The number of carbonyl (C=O) groups is 1. The van der Waals surface area contributed by atoms with Crippen LogP contribution in [0.2, 0.25) is 0 Å². The average molecular weight is 431 g/mol. The molecule has 0 saturated heterocycles. The number of aryl methyl sites for hydroxylation is 1. The first-order chi connectivity index (χ1) is 8.97. The SMILES string of the molecule is Cc1ccc(NC(=O)c2cc(Br)ccc2I)c(N)c1. The molecule has 0 aliphatic heterocycles. The minimum absolute atomic E-state index is 0.166. The van der Waals surface area contributed by atoms with Gasteiger partial charge in [-0.1, -0.05) is 22.0 Å². The Morgan fingerprint density at radius 1 is 1.26 bits per heavy atom. The lowest BCUT2D eigenvalue weighted by Crippen LogP contribution is -2.14. The van der Waals surface area contributed by atoms with Crippen LogP contribution in [-0.4, -0.2) is 5.91 Å². The maximum absolute atomic E-state index is 12.2. The molecule has 98 valence electrons. The topological polar surface area (TPSA) is 55.1 Å². The van der Waals surface area contributed by atoms with Crippen molar-refractivity contribution in [3.05, 3.63) is 55.6 Å². The van der Waals surface area contributed by atoms with Crippen molar-refractivity contribution >= 4 is 55.8 Å². The summed E-state index contributed by atoms with van der Waals surface area (Å²) >= 11 is 5.50. The smallest absolute Gasteiger partial charge is 0.256 e. The van der Waals surface area contributed by atoms with Gasteiger partial charge in [-0.15, -0.1) is 0 Å². The Morgan fingerprint density at radius 2 is 2.00 bits per heavy atom. The van der Waals surface area contributed by atoms with E-state index in [1.807, 2.05) is 37.3 Å². The third kappa shape index (κ3) is 3.48. The normalized spacial score (nSPS) is 10.3. The van der Waals surface area contributed by atoms with Gasteiger partial charge in [-0.2, -0.15) is 0 Å². The second kappa shape index (κ2) is 5.92. The standard InChI is InChI=1S/C14H12BrIN2O/c1-8-2-5-13(12(17)6-8)18-14(19)10-7-9(15)3-4-11(10)16/h2-7H,17H2,1H3,(H,18,19). The van der Waals surface area contributed by atoms with Gasteiger partial charge in [0.2, 0.25) is 0 Å². The van der Waals surface area contributed by atoms with E-state index in [1.54, 1.807) is 6.07 Å². The molecule has 0 fully saturated rings. The summed E-state index contributed by atoms with van der Waals surface area (Å²) < 4.78 is 1.76. The summed E-state index contributed by atoms with van der Waals surface area (Å²) in [7, 11) is 0. The van der Waals surface area contributed by atoms with Gasteiger partial charge in [0.05, 0.1) is 16.9 Å². The van der Waals surface area contributed by atoms with Crippen LogP contribution in [0.1, 0.15) is 15.9 Å². The minimum Gasteiger partial charge on any atom is -0.397 e. The number of nitrogen functional groups attached to an aromatic ring is 1. The van der Waals surface area contributed by atoms with Crippen molar-refractivity contribution in [3.8, 4) is 0 Å². The number of amides is 1. The predicted octanol–water partition coefficient (Wildman–Crippen LogP) is 4.20. The fourth-order valence-corrected chi connectivity index (χ4v) is 2.60. The van der Waals surface area contributed by atoms with Crippen molar-refractivity contribution in [1.82, 2.24) is 0 Å². The van der Waals surface area contributed by atoms with Crippen LogP contribution in [0, 0.1) is 10.5 Å². The van der Waals surface area contributed by atoms with Gasteiger partial charge in [-0.05, 0) is 65.4 Å². The fourth-order valence-electron chi connectivity index (χ4n) is 1.66. The van der Waals surface area contributed by atoms with E-state index in [0.717, 1.165) is 13.6 Å². The zero-order chi connectivity index (χ0) is 14.0. The van der Waals surface area contributed by atoms with Crippen molar-refractivity contribution in [2.45, 2.75) is 6.92 Å². The molecular weight excluding hydrogens is 419 g/mol. The molecule has 0 aromatic heterocycles. The number of anilines is 2. The average Bonchev–Trinajstić information content (AvgIpc) is 2.35. The van der Waals surface area contributed by atoms with Crippen LogP contribution >= 0.6 is 38.5 Å². The third-order valence-electron chi connectivity index (χ3n) is 2.63. The first-order valence-electron chi connectivity index (χ1n) is 5.60. The number of nitrogens with one attached hydrogen (secondary N) is 1. The molecule has 0 radical (unpaired) electrons. The minimum atomic E-state index is -0.166. The highest BCUT2D eigenvalue weighted by Crippen LogP contribution is 2.23. The van der Waals surface area contributed by atoms with Crippen LogP contribution < -0.4 is 11.1 Å². The highest BCUT2D eigenvalue weighted by Gasteiger charge is 2.12. The first-order valence-corrected chi connectivity index (χ1v) is 7.47. The summed E-state index contributed by atoms with van der Waals surface area (Å²) in [5.41, 5.74) is 8.77. The van der Waals surface area contributed by atoms with Crippen molar-refractivity contribution < 1.29 is 4.79 Å². The van der Waals surface area contributed by atoms with Gasteiger partial charge in [0, 0.05) is 8.04 Å². The quantitative estimate of drug-likeness (QED) is 0.554.